The lowest BCUT2D eigenvalue weighted by molar-refractivity contribution is 0.0677. The Labute approximate surface area is 132 Å². The Kier molecular flexibility index (Phi) is 6.79. The minimum atomic E-state index is -0.355. The molecule has 0 bridgehead atoms. The van der Waals surface area contributed by atoms with Crippen LogP contribution in [0.4, 0.5) is 0 Å². The molecule has 6 heteroatoms. The first-order valence-corrected chi connectivity index (χ1v) is 8.46. The van der Waals surface area contributed by atoms with Gasteiger partial charge in [-0.05, 0) is 33.6 Å². The third-order valence-corrected chi connectivity index (χ3v) is 4.19. The molecule has 1 aromatic rings. The van der Waals surface area contributed by atoms with Gasteiger partial charge in [0.25, 0.3) is 0 Å². The van der Waals surface area contributed by atoms with Crippen LogP contribution in [0.3, 0.4) is 0 Å². The topological polar surface area (TPSA) is 71.6 Å². The summed E-state index contributed by atoms with van der Waals surface area (Å²) < 4.78 is 10.9. The van der Waals surface area contributed by atoms with E-state index in [2.05, 4.69) is 15.0 Å². The number of hydrogen-bond donors (Lipinski definition) is 1. The van der Waals surface area contributed by atoms with Gasteiger partial charge in [0.05, 0.1) is 12.6 Å². The third kappa shape index (κ3) is 5.04. The van der Waals surface area contributed by atoms with Crippen LogP contribution in [0, 0.1) is 0 Å². The molecule has 0 spiro atoms. The predicted octanol–water partition coefficient (Wildman–Crippen LogP) is 2.68. The number of aliphatic hydroxyl groups is 1. The molecule has 2 unspecified atom stereocenters. The Morgan fingerprint density at radius 3 is 2.68 bits per heavy atom. The maximum atomic E-state index is 9.77. The summed E-state index contributed by atoms with van der Waals surface area (Å²) in [5, 5.41) is 13.8. The lowest BCUT2D eigenvalue weighted by atomic mass is 9.94. The van der Waals surface area contributed by atoms with Crippen molar-refractivity contribution in [2.24, 2.45) is 0 Å². The summed E-state index contributed by atoms with van der Waals surface area (Å²) in [7, 11) is 0. The van der Waals surface area contributed by atoms with E-state index in [9.17, 15) is 5.11 Å². The van der Waals surface area contributed by atoms with Gasteiger partial charge < -0.3 is 14.4 Å². The number of aliphatic hydroxyl groups excluding tert-OH is 1. The average molecular weight is 311 g/mol. The predicted molar refractivity (Wildman–Crippen MR) is 83.3 cm³/mol. The largest absolute Gasteiger partial charge is 0.392 e. The van der Waals surface area contributed by atoms with Crippen molar-refractivity contribution in [1.29, 1.82) is 0 Å². The maximum Gasteiger partial charge on any atom is 0.240 e. The van der Waals surface area contributed by atoms with Crippen LogP contribution in [-0.4, -0.2) is 45.4 Å². The molecule has 1 aromatic heterocycles. The Morgan fingerprint density at radius 1 is 1.32 bits per heavy atom. The van der Waals surface area contributed by atoms with Crippen molar-refractivity contribution < 1.29 is 14.4 Å². The summed E-state index contributed by atoms with van der Waals surface area (Å²) >= 11 is 0. The molecule has 22 heavy (non-hydrogen) atoms. The van der Waals surface area contributed by atoms with Crippen LogP contribution in [0.5, 0.6) is 0 Å². The van der Waals surface area contributed by atoms with Crippen LogP contribution < -0.4 is 0 Å². The molecule has 0 aliphatic heterocycles. The van der Waals surface area contributed by atoms with Crippen molar-refractivity contribution in [1.82, 2.24) is 15.0 Å². The smallest absolute Gasteiger partial charge is 0.240 e. The van der Waals surface area contributed by atoms with Crippen molar-refractivity contribution in [3.05, 3.63) is 11.7 Å². The zero-order valence-electron chi connectivity index (χ0n) is 14.0. The van der Waals surface area contributed by atoms with E-state index in [1.165, 1.54) is 32.1 Å². The van der Waals surface area contributed by atoms with Crippen LogP contribution in [-0.2, 0) is 11.3 Å². The first kappa shape index (κ1) is 17.4. The molecule has 1 heterocycles. The fourth-order valence-corrected chi connectivity index (χ4v) is 3.12. The Hall–Kier alpha value is -0.980. The lowest BCUT2D eigenvalue weighted by Crippen LogP contribution is -2.40. The first-order chi connectivity index (χ1) is 10.6. The molecule has 0 saturated heterocycles. The number of aromatic nitrogens is 2. The fourth-order valence-electron chi connectivity index (χ4n) is 3.12. The highest BCUT2D eigenvalue weighted by molar-refractivity contribution is 4.91. The molecule has 1 N–H and O–H groups in total. The maximum absolute atomic E-state index is 9.77. The molecular weight excluding hydrogens is 282 g/mol. The quantitative estimate of drug-likeness (QED) is 0.796. The Morgan fingerprint density at radius 2 is 2.05 bits per heavy atom. The van der Waals surface area contributed by atoms with Crippen molar-refractivity contribution in [3.63, 3.8) is 0 Å². The number of hydrogen-bond acceptors (Lipinski definition) is 6. The van der Waals surface area contributed by atoms with E-state index in [4.69, 9.17) is 9.26 Å². The van der Waals surface area contributed by atoms with Gasteiger partial charge in [0, 0.05) is 19.2 Å². The van der Waals surface area contributed by atoms with Gasteiger partial charge in [-0.1, -0.05) is 24.4 Å². The summed E-state index contributed by atoms with van der Waals surface area (Å²) in [4.78, 5) is 6.73. The molecule has 1 fully saturated rings. The van der Waals surface area contributed by atoms with Gasteiger partial charge in [0.2, 0.25) is 5.89 Å². The van der Waals surface area contributed by atoms with E-state index in [0.717, 1.165) is 0 Å². The Bertz CT molecular complexity index is 430. The summed E-state index contributed by atoms with van der Waals surface area (Å²) in [6, 6.07) is 0.503. The van der Waals surface area contributed by atoms with Crippen LogP contribution in [0.1, 0.15) is 70.7 Å². The zero-order valence-corrected chi connectivity index (χ0v) is 14.0. The van der Waals surface area contributed by atoms with E-state index in [1.807, 2.05) is 20.8 Å². The molecule has 1 aliphatic carbocycles. The van der Waals surface area contributed by atoms with Gasteiger partial charge in [-0.25, -0.2) is 0 Å². The second kappa shape index (κ2) is 8.60. The molecule has 6 nitrogen and oxygen atoms in total. The highest BCUT2D eigenvalue weighted by Crippen LogP contribution is 2.24. The normalized spacial score (nSPS) is 19.5. The van der Waals surface area contributed by atoms with Crippen molar-refractivity contribution in [2.45, 2.75) is 77.7 Å². The Balaban J connectivity index is 1.99. The highest BCUT2D eigenvalue weighted by Gasteiger charge is 2.24. The molecule has 0 radical (unpaired) electrons. The van der Waals surface area contributed by atoms with Crippen LogP contribution >= 0.6 is 0 Å². The number of rotatable bonds is 8. The van der Waals surface area contributed by atoms with E-state index in [0.29, 0.717) is 37.5 Å². The molecule has 2 atom stereocenters. The van der Waals surface area contributed by atoms with Gasteiger partial charge in [0.15, 0.2) is 5.82 Å². The standard InChI is InChI=1S/C16H29N3O3/c1-4-21-13(3)16-17-15(22-18-16)11-19(10-12(2)20)14-8-6-5-7-9-14/h12-14,20H,4-11H2,1-3H3. The van der Waals surface area contributed by atoms with Gasteiger partial charge >= 0.3 is 0 Å². The van der Waals surface area contributed by atoms with Gasteiger partial charge in [-0.2, -0.15) is 4.98 Å². The van der Waals surface area contributed by atoms with Crippen LogP contribution in [0.2, 0.25) is 0 Å². The fraction of sp³-hybridized carbons (Fsp3) is 0.875. The second-order valence-electron chi connectivity index (χ2n) is 6.21. The van der Waals surface area contributed by atoms with Crippen molar-refractivity contribution >= 4 is 0 Å². The van der Waals surface area contributed by atoms with Gasteiger partial charge in [-0.15, -0.1) is 0 Å². The SMILES string of the molecule is CCOC(C)c1noc(CN(CC(C)O)C2CCCCC2)n1. The van der Waals surface area contributed by atoms with Crippen molar-refractivity contribution in [3.8, 4) is 0 Å². The molecule has 126 valence electrons. The lowest BCUT2D eigenvalue weighted by Gasteiger charge is -2.34. The first-order valence-electron chi connectivity index (χ1n) is 8.46. The van der Waals surface area contributed by atoms with E-state index in [1.54, 1.807) is 0 Å². The van der Waals surface area contributed by atoms with E-state index in [-0.39, 0.29) is 12.2 Å². The highest BCUT2D eigenvalue weighted by atomic mass is 16.5. The number of nitrogens with zero attached hydrogens (tertiary/aromatic N) is 3. The van der Waals surface area contributed by atoms with Crippen molar-refractivity contribution in [2.75, 3.05) is 13.2 Å². The van der Waals surface area contributed by atoms with Crippen LogP contribution in [0.15, 0.2) is 4.52 Å². The minimum Gasteiger partial charge on any atom is -0.392 e. The minimum absolute atomic E-state index is 0.151. The molecule has 1 aliphatic rings. The average Bonchev–Trinajstić information content (AvgIpc) is 2.96. The second-order valence-corrected chi connectivity index (χ2v) is 6.21. The summed E-state index contributed by atoms with van der Waals surface area (Å²) in [6.45, 7) is 7.57. The monoisotopic (exact) mass is 311 g/mol. The zero-order chi connectivity index (χ0) is 15.9. The molecule has 0 aromatic carbocycles. The van der Waals surface area contributed by atoms with Gasteiger partial charge in [-0.3, -0.25) is 4.90 Å². The molecule has 0 amide bonds. The summed E-state index contributed by atoms with van der Waals surface area (Å²) in [5.74, 6) is 1.20. The summed E-state index contributed by atoms with van der Waals surface area (Å²) in [5.41, 5.74) is 0. The van der Waals surface area contributed by atoms with E-state index >= 15 is 0 Å². The molecular formula is C16H29N3O3. The van der Waals surface area contributed by atoms with Gasteiger partial charge in [0.1, 0.15) is 6.10 Å². The van der Waals surface area contributed by atoms with Crippen LogP contribution in [0.25, 0.3) is 0 Å². The third-order valence-electron chi connectivity index (χ3n) is 4.19. The number of ether oxygens (including phenoxy) is 1. The van der Waals surface area contributed by atoms with E-state index < -0.39 is 0 Å². The molecule has 2 rings (SSSR count). The summed E-state index contributed by atoms with van der Waals surface area (Å²) in [6.07, 6.45) is 5.70. The molecule has 1 saturated carbocycles.